The van der Waals surface area contributed by atoms with Crippen LogP contribution in [0.3, 0.4) is 0 Å². The molecular weight excluding hydrogens is 766 g/mol. The molecule has 11 nitrogen and oxygen atoms in total. The Hall–Kier alpha value is -6.59. The van der Waals surface area contributed by atoms with Crippen LogP contribution in [0.1, 0.15) is 29.9 Å². The van der Waals surface area contributed by atoms with Gasteiger partial charge in [0, 0.05) is 36.3 Å². The average molecular weight is 806 g/mol. The predicted molar refractivity (Wildman–Crippen MR) is 225 cm³/mol. The van der Waals surface area contributed by atoms with Crippen molar-refractivity contribution in [3.63, 3.8) is 0 Å². The predicted octanol–water partition coefficient (Wildman–Crippen LogP) is 8.90. The Kier molecular flexibility index (Phi) is 9.43. The molecule has 2 saturated heterocycles. The van der Waals surface area contributed by atoms with E-state index in [0.29, 0.717) is 38.9 Å². The van der Waals surface area contributed by atoms with Gasteiger partial charge in [-0.15, -0.1) is 0 Å². The summed E-state index contributed by atoms with van der Waals surface area (Å²) in [5, 5.41) is 21.0. The van der Waals surface area contributed by atoms with Gasteiger partial charge in [-0.1, -0.05) is 71.8 Å². The van der Waals surface area contributed by atoms with Crippen LogP contribution < -0.4 is 19.4 Å². The van der Waals surface area contributed by atoms with Crippen molar-refractivity contribution < 1.29 is 29.0 Å². The summed E-state index contributed by atoms with van der Waals surface area (Å²) in [7, 11) is 5.37. The molecule has 59 heavy (non-hydrogen) atoms. The Morgan fingerprint density at radius 2 is 1.42 bits per heavy atom. The number of para-hydroxylation sites is 1. The number of hydrogen-bond acceptors (Lipinski definition) is 9. The number of azo groups is 1. The largest absolute Gasteiger partial charge is 0.504 e. The van der Waals surface area contributed by atoms with Crippen molar-refractivity contribution in [2.24, 2.45) is 33.9 Å². The second kappa shape index (κ2) is 14.7. The fraction of sp³-hybridized carbons (Fsp3) is 0.234. The lowest BCUT2D eigenvalue weighted by atomic mass is 9.49. The summed E-state index contributed by atoms with van der Waals surface area (Å²) < 4.78 is 5.57. The summed E-state index contributed by atoms with van der Waals surface area (Å²) in [6.07, 6.45) is 2.30. The van der Waals surface area contributed by atoms with Gasteiger partial charge in [0.1, 0.15) is 0 Å². The van der Waals surface area contributed by atoms with Crippen LogP contribution in [-0.4, -0.2) is 49.9 Å². The summed E-state index contributed by atoms with van der Waals surface area (Å²) in [6, 6.07) is 35.3. The van der Waals surface area contributed by atoms with Gasteiger partial charge in [-0.2, -0.15) is 10.2 Å². The Labute approximate surface area is 346 Å². The third-order valence-corrected chi connectivity index (χ3v) is 12.7. The van der Waals surface area contributed by atoms with Gasteiger partial charge in [0.15, 0.2) is 11.5 Å². The van der Waals surface area contributed by atoms with Crippen LogP contribution in [0.4, 0.5) is 28.4 Å². The number of phenols is 1. The maximum Gasteiger partial charge on any atom is 0.246 e. The third kappa shape index (κ3) is 5.94. The number of benzene rings is 5. The van der Waals surface area contributed by atoms with E-state index >= 15 is 9.59 Å². The fourth-order valence-electron chi connectivity index (χ4n) is 9.88. The molecule has 2 aliphatic carbocycles. The third-order valence-electron chi connectivity index (χ3n) is 12.5. The first-order valence-electron chi connectivity index (χ1n) is 19.5. The number of nitrogens with zero attached hydrogens (tertiary/aromatic N) is 5. The number of imide groups is 2. The lowest BCUT2D eigenvalue weighted by Crippen LogP contribution is -2.53. The number of phenolic OH excluding ortho intramolecular Hbond substituents is 1. The maximum atomic E-state index is 15.5. The van der Waals surface area contributed by atoms with Crippen LogP contribution in [0.5, 0.6) is 11.5 Å². The number of aromatic hydroxyl groups is 1. The molecule has 296 valence electrons. The molecule has 2 aliphatic heterocycles. The van der Waals surface area contributed by atoms with Gasteiger partial charge in [-0.05, 0) is 97.1 Å². The Morgan fingerprint density at radius 3 is 2.08 bits per heavy atom. The van der Waals surface area contributed by atoms with Crippen LogP contribution in [0, 0.1) is 23.7 Å². The van der Waals surface area contributed by atoms with E-state index in [1.165, 1.54) is 16.9 Å². The number of hydrogen-bond donors (Lipinski definition) is 1. The molecule has 0 bridgehead atoms. The summed E-state index contributed by atoms with van der Waals surface area (Å²) in [5.74, 6) is -5.61. The molecule has 4 amide bonds. The molecule has 0 radical (unpaired) electrons. The van der Waals surface area contributed by atoms with Gasteiger partial charge in [-0.3, -0.25) is 24.1 Å². The lowest BCUT2D eigenvalue weighted by Gasteiger charge is -2.50. The Morgan fingerprint density at radius 1 is 0.746 bits per heavy atom. The van der Waals surface area contributed by atoms with E-state index in [-0.39, 0.29) is 36.2 Å². The standard InChI is InChI=1S/C47H40ClN5O6/c1-51(2)31-19-15-29(16-20-31)49-50-30-17-21-32(22-18-30)52-43(55)35-24-23-34-37(40(35)45(52)57)26-38-44(56)53(33-12-7-11-28(48)25-33)46(58)47(38,27-9-5-4-6-10-27)41(34)36-13-8-14-39(59-3)42(36)54/h4-23,25,35,37-38,40-41,54H,24,26H2,1-3H3/t35-,37+,38-,40-,41+,47+/m0/s1. The van der Waals surface area contributed by atoms with E-state index < -0.39 is 46.8 Å². The van der Waals surface area contributed by atoms with Crippen molar-refractivity contribution in [3.8, 4) is 11.5 Å². The highest BCUT2D eigenvalue weighted by Gasteiger charge is 2.70. The van der Waals surface area contributed by atoms with Crippen molar-refractivity contribution in [1.82, 2.24) is 0 Å². The Bertz CT molecular complexity index is 2580. The van der Waals surface area contributed by atoms with Crippen LogP contribution in [0.25, 0.3) is 0 Å². The topological polar surface area (TPSA) is 132 Å². The highest BCUT2D eigenvalue weighted by Crippen LogP contribution is 2.65. The van der Waals surface area contributed by atoms with E-state index in [9.17, 15) is 14.7 Å². The fourth-order valence-corrected chi connectivity index (χ4v) is 10.1. The van der Waals surface area contributed by atoms with Crippen LogP contribution in [0.15, 0.2) is 143 Å². The molecule has 12 heteroatoms. The van der Waals surface area contributed by atoms with Gasteiger partial charge in [-0.25, -0.2) is 4.90 Å². The van der Waals surface area contributed by atoms with Crippen molar-refractivity contribution >= 4 is 63.7 Å². The molecular formula is C47H40ClN5O6. The van der Waals surface area contributed by atoms with E-state index in [4.69, 9.17) is 16.3 Å². The molecule has 6 atom stereocenters. The molecule has 0 unspecified atom stereocenters. The first kappa shape index (κ1) is 38.0. The summed E-state index contributed by atoms with van der Waals surface area (Å²) in [6.45, 7) is 0. The molecule has 5 aromatic carbocycles. The minimum Gasteiger partial charge on any atom is -0.504 e. The number of fused-ring (bicyclic) bond motifs is 4. The number of amides is 4. The summed E-state index contributed by atoms with van der Waals surface area (Å²) in [5.41, 5.74) is 3.16. The van der Waals surface area contributed by atoms with E-state index in [1.807, 2.05) is 79.7 Å². The number of carbonyl (C=O) groups is 4. The van der Waals surface area contributed by atoms with Crippen LogP contribution in [0.2, 0.25) is 5.02 Å². The SMILES string of the molecule is COc1cccc([C@H]2C3=CC[C@@H]4C(=O)N(c5ccc(N=Nc6ccc(N(C)C)cc6)cc5)C(=O)[C@@H]4[C@@H]3C[C@H]3C(=O)N(c4cccc(Cl)c4)C(=O)[C@@]23c2ccccc2)c1O. The zero-order chi connectivity index (χ0) is 41.2. The van der Waals surface area contributed by atoms with E-state index in [1.54, 1.807) is 66.7 Å². The van der Waals surface area contributed by atoms with Gasteiger partial charge in [0.25, 0.3) is 0 Å². The van der Waals surface area contributed by atoms with Crippen molar-refractivity contribution in [1.29, 1.82) is 0 Å². The van der Waals surface area contributed by atoms with Gasteiger partial charge >= 0.3 is 0 Å². The summed E-state index contributed by atoms with van der Waals surface area (Å²) >= 11 is 6.43. The first-order chi connectivity index (χ1) is 28.5. The molecule has 9 rings (SSSR count). The monoisotopic (exact) mass is 805 g/mol. The number of halogens is 1. The van der Waals surface area contributed by atoms with Crippen molar-refractivity contribution in [3.05, 3.63) is 149 Å². The second-order valence-corrected chi connectivity index (χ2v) is 16.1. The minimum absolute atomic E-state index is 0.118. The zero-order valence-electron chi connectivity index (χ0n) is 32.5. The highest BCUT2D eigenvalue weighted by atomic mass is 35.5. The molecule has 1 saturated carbocycles. The summed E-state index contributed by atoms with van der Waals surface area (Å²) in [4.78, 5) is 64.0. The molecule has 2 heterocycles. The van der Waals surface area contributed by atoms with Gasteiger partial charge in [0.05, 0.1) is 53.0 Å². The van der Waals surface area contributed by atoms with E-state index in [2.05, 4.69) is 10.2 Å². The molecule has 4 aliphatic rings. The number of rotatable bonds is 8. The van der Waals surface area contributed by atoms with Crippen LogP contribution >= 0.6 is 11.6 Å². The van der Waals surface area contributed by atoms with Crippen LogP contribution in [-0.2, 0) is 24.6 Å². The van der Waals surface area contributed by atoms with Crippen molar-refractivity contribution in [2.45, 2.75) is 24.2 Å². The zero-order valence-corrected chi connectivity index (χ0v) is 33.3. The number of methoxy groups -OCH3 is 1. The van der Waals surface area contributed by atoms with Crippen molar-refractivity contribution in [2.75, 3.05) is 35.9 Å². The first-order valence-corrected chi connectivity index (χ1v) is 19.8. The number of ether oxygens (including phenoxy) is 1. The molecule has 0 spiro atoms. The Balaban J connectivity index is 1.13. The number of allylic oxidation sites excluding steroid dienone is 2. The quantitative estimate of drug-likeness (QED) is 0.0941. The van der Waals surface area contributed by atoms with Gasteiger partial charge in [0.2, 0.25) is 23.6 Å². The van der Waals surface area contributed by atoms with Gasteiger partial charge < -0.3 is 14.7 Å². The normalized spacial score (nSPS) is 24.9. The molecule has 1 N–H and O–H groups in total. The molecule has 5 aromatic rings. The minimum atomic E-state index is -1.54. The highest BCUT2D eigenvalue weighted by molar-refractivity contribution is 6.32. The molecule has 3 fully saturated rings. The lowest BCUT2D eigenvalue weighted by molar-refractivity contribution is -0.127. The maximum absolute atomic E-state index is 15.5. The number of carbonyl (C=O) groups excluding carboxylic acids is 4. The second-order valence-electron chi connectivity index (χ2n) is 15.6. The van der Waals surface area contributed by atoms with E-state index in [0.717, 1.165) is 11.3 Å². The molecule has 0 aromatic heterocycles. The average Bonchev–Trinajstić information content (AvgIpc) is 3.64. The number of anilines is 3. The smallest absolute Gasteiger partial charge is 0.246 e.